The Morgan fingerprint density at radius 1 is 1.29 bits per heavy atom. The first-order chi connectivity index (χ1) is 10.2. The average molecular weight is 281 g/mol. The summed E-state index contributed by atoms with van der Waals surface area (Å²) < 4.78 is 0. The van der Waals surface area contributed by atoms with Gasteiger partial charge in [0.2, 0.25) is 5.91 Å². The van der Waals surface area contributed by atoms with Gasteiger partial charge in [-0.2, -0.15) is 5.10 Å². The third-order valence-corrected chi connectivity index (χ3v) is 3.28. The van der Waals surface area contributed by atoms with Crippen molar-refractivity contribution in [2.75, 3.05) is 5.32 Å². The van der Waals surface area contributed by atoms with Crippen LogP contribution < -0.4 is 11.1 Å². The fourth-order valence-corrected chi connectivity index (χ4v) is 2.22. The molecule has 3 rings (SSSR count). The molecule has 0 aliphatic carbocycles. The van der Waals surface area contributed by atoms with Gasteiger partial charge >= 0.3 is 0 Å². The van der Waals surface area contributed by atoms with Gasteiger partial charge < -0.3 is 16.0 Å². The molecule has 0 aliphatic heterocycles. The predicted octanol–water partition coefficient (Wildman–Crippen LogP) is 1.47. The Morgan fingerprint density at radius 2 is 2.14 bits per heavy atom. The van der Waals surface area contributed by atoms with Crippen LogP contribution in [0.2, 0.25) is 0 Å². The normalized spacial score (nSPS) is 12.2. The Labute approximate surface area is 121 Å². The number of aromatic nitrogens is 3. The van der Waals surface area contributed by atoms with Crippen molar-refractivity contribution in [3.8, 4) is 0 Å². The third kappa shape index (κ3) is 2.90. The van der Waals surface area contributed by atoms with Crippen molar-refractivity contribution in [2.45, 2.75) is 12.5 Å². The highest BCUT2D eigenvalue weighted by molar-refractivity contribution is 5.94. The number of fused-ring (bicyclic) bond motifs is 1. The summed E-state index contributed by atoms with van der Waals surface area (Å²) >= 11 is 0. The van der Waals surface area contributed by atoms with E-state index < -0.39 is 6.04 Å². The molecule has 0 unspecified atom stereocenters. The van der Waals surface area contributed by atoms with Gasteiger partial charge in [0.15, 0.2) is 5.82 Å². The van der Waals surface area contributed by atoms with E-state index in [4.69, 9.17) is 5.73 Å². The molecular weight excluding hydrogens is 266 g/mol. The Kier molecular flexibility index (Phi) is 3.61. The van der Waals surface area contributed by atoms with E-state index in [1.54, 1.807) is 18.3 Å². The van der Waals surface area contributed by atoms with Crippen LogP contribution in [0.1, 0.15) is 5.56 Å². The summed E-state index contributed by atoms with van der Waals surface area (Å²) in [5, 5.41) is 11.2. The fourth-order valence-electron chi connectivity index (χ4n) is 2.22. The topological polar surface area (TPSA) is 96.7 Å². The van der Waals surface area contributed by atoms with Crippen LogP contribution in [0.3, 0.4) is 0 Å². The number of carbonyl (C=O) groups excluding carboxylic acids is 1. The van der Waals surface area contributed by atoms with Gasteiger partial charge in [-0.25, -0.2) is 0 Å². The van der Waals surface area contributed by atoms with Crippen molar-refractivity contribution in [1.29, 1.82) is 0 Å². The molecule has 2 aromatic heterocycles. The molecule has 4 N–H and O–H groups in total. The van der Waals surface area contributed by atoms with Crippen molar-refractivity contribution in [2.24, 2.45) is 5.73 Å². The van der Waals surface area contributed by atoms with Crippen LogP contribution in [0.25, 0.3) is 10.9 Å². The fraction of sp³-hybridized carbons (Fsp3) is 0.133. The zero-order valence-electron chi connectivity index (χ0n) is 11.3. The second-order valence-electron chi connectivity index (χ2n) is 4.77. The molecule has 0 bridgehead atoms. The van der Waals surface area contributed by atoms with Crippen LogP contribution in [0.4, 0.5) is 5.82 Å². The number of hydrogen-bond acceptors (Lipinski definition) is 4. The molecule has 1 atom stereocenters. The maximum Gasteiger partial charge on any atom is 0.242 e. The van der Waals surface area contributed by atoms with Crippen LogP contribution >= 0.6 is 0 Å². The molecule has 2 heterocycles. The highest BCUT2D eigenvalue weighted by Gasteiger charge is 2.16. The average Bonchev–Trinajstić information content (AvgIpc) is 2.91. The number of benzene rings is 1. The van der Waals surface area contributed by atoms with Gasteiger partial charge in [0.25, 0.3) is 0 Å². The molecule has 6 nitrogen and oxygen atoms in total. The maximum absolute atomic E-state index is 12.1. The first-order valence-electron chi connectivity index (χ1n) is 6.63. The monoisotopic (exact) mass is 281 g/mol. The van der Waals surface area contributed by atoms with E-state index in [-0.39, 0.29) is 5.91 Å². The van der Waals surface area contributed by atoms with E-state index in [0.29, 0.717) is 12.2 Å². The first-order valence-corrected chi connectivity index (χ1v) is 6.63. The summed E-state index contributed by atoms with van der Waals surface area (Å²) in [5.41, 5.74) is 8.03. The lowest BCUT2D eigenvalue weighted by molar-refractivity contribution is -0.117. The Hall–Kier alpha value is -2.73. The van der Waals surface area contributed by atoms with Crippen LogP contribution in [0.5, 0.6) is 0 Å². The van der Waals surface area contributed by atoms with E-state index in [1.807, 2.05) is 30.5 Å². The Morgan fingerprint density at radius 3 is 2.95 bits per heavy atom. The smallest absolute Gasteiger partial charge is 0.242 e. The number of H-pyrrole nitrogens is 1. The number of anilines is 1. The van der Waals surface area contributed by atoms with Crippen molar-refractivity contribution < 1.29 is 4.79 Å². The number of para-hydroxylation sites is 1. The van der Waals surface area contributed by atoms with E-state index in [1.165, 1.54) is 0 Å². The molecule has 106 valence electrons. The standard InChI is InChI=1S/C15H15N5O/c16-12(15(21)19-14-6-3-7-18-20-14)8-10-9-17-13-5-2-1-4-11(10)13/h1-7,9,12,17H,8,16H2,(H,19,20,21)/t12-/m1/s1. The lowest BCUT2D eigenvalue weighted by Crippen LogP contribution is -2.37. The van der Waals surface area contributed by atoms with Crippen LogP contribution in [-0.2, 0) is 11.2 Å². The number of nitrogens with one attached hydrogen (secondary N) is 2. The molecule has 0 saturated heterocycles. The quantitative estimate of drug-likeness (QED) is 0.674. The molecule has 0 saturated carbocycles. The minimum atomic E-state index is -0.647. The summed E-state index contributed by atoms with van der Waals surface area (Å²) in [6.07, 6.45) is 3.89. The summed E-state index contributed by atoms with van der Waals surface area (Å²) in [4.78, 5) is 15.2. The van der Waals surface area contributed by atoms with Crippen molar-refractivity contribution in [3.05, 3.63) is 54.4 Å². The van der Waals surface area contributed by atoms with Crippen molar-refractivity contribution in [3.63, 3.8) is 0 Å². The molecular formula is C15H15N5O. The van der Waals surface area contributed by atoms with Gasteiger partial charge in [-0.15, -0.1) is 5.10 Å². The predicted molar refractivity (Wildman–Crippen MR) is 80.6 cm³/mol. The molecule has 0 fully saturated rings. The summed E-state index contributed by atoms with van der Waals surface area (Å²) in [5.74, 6) is 0.123. The third-order valence-electron chi connectivity index (χ3n) is 3.28. The molecule has 21 heavy (non-hydrogen) atoms. The second kappa shape index (κ2) is 5.72. The number of carbonyl (C=O) groups is 1. The maximum atomic E-state index is 12.1. The van der Waals surface area contributed by atoms with E-state index in [0.717, 1.165) is 16.5 Å². The number of rotatable bonds is 4. The minimum Gasteiger partial charge on any atom is -0.361 e. The van der Waals surface area contributed by atoms with Crippen molar-refractivity contribution >= 4 is 22.6 Å². The molecule has 0 aliphatic rings. The van der Waals surface area contributed by atoms with Gasteiger partial charge in [0.1, 0.15) is 0 Å². The highest BCUT2D eigenvalue weighted by atomic mass is 16.2. The summed E-state index contributed by atoms with van der Waals surface area (Å²) in [6.45, 7) is 0. The van der Waals surface area contributed by atoms with Crippen LogP contribution in [0.15, 0.2) is 48.8 Å². The summed E-state index contributed by atoms with van der Waals surface area (Å²) in [7, 11) is 0. The van der Waals surface area contributed by atoms with Gasteiger partial charge in [-0.05, 0) is 30.2 Å². The molecule has 0 spiro atoms. The number of aromatic amines is 1. The molecule has 1 amide bonds. The number of hydrogen-bond donors (Lipinski definition) is 3. The Bertz CT molecular complexity index is 753. The Balaban J connectivity index is 1.71. The van der Waals surface area contributed by atoms with E-state index >= 15 is 0 Å². The van der Waals surface area contributed by atoms with Crippen molar-refractivity contribution in [1.82, 2.24) is 15.2 Å². The van der Waals surface area contributed by atoms with Crippen LogP contribution in [-0.4, -0.2) is 27.1 Å². The molecule has 0 radical (unpaired) electrons. The SMILES string of the molecule is N[C@H](Cc1c[nH]c2ccccc12)C(=O)Nc1cccnn1. The largest absolute Gasteiger partial charge is 0.361 e. The van der Waals surface area contributed by atoms with E-state index in [2.05, 4.69) is 20.5 Å². The number of nitrogens with two attached hydrogens (primary N) is 1. The van der Waals surface area contributed by atoms with Gasteiger partial charge in [0, 0.05) is 23.3 Å². The van der Waals surface area contributed by atoms with Crippen LogP contribution in [0, 0.1) is 0 Å². The van der Waals surface area contributed by atoms with Gasteiger partial charge in [0.05, 0.1) is 6.04 Å². The molecule has 1 aromatic carbocycles. The minimum absolute atomic E-state index is 0.277. The number of amides is 1. The number of nitrogens with zero attached hydrogens (tertiary/aromatic N) is 2. The zero-order valence-corrected chi connectivity index (χ0v) is 11.3. The lowest BCUT2D eigenvalue weighted by Gasteiger charge is -2.10. The highest BCUT2D eigenvalue weighted by Crippen LogP contribution is 2.18. The van der Waals surface area contributed by atoms with Gasteiger partial charge in [-0.3, -0.25) is 4.79 Å². The van der Waals surface area contributed by atoms with E-state index in [9.17, 15) is 4.79 Å². The second-order valence-corrected chi connectivity index (χ2v) is 4.77. The first kappa shape index (κ1) is 13.3. The molecule has 3 aromatic rings. The molecule has 6 heteroatoms. The summed E-state index contributed by atoms with van der Waals surface area (Å²) in [6, 6.07) is 10.6. The zero-order chi connectivity index (χ0) is 14.7. The lowest BCUT2D eigenvalue weighted by atomic mass is 10.1. The van der Waals surface area contributed by atoms with Gasteiger partial charge in [-0.1, -0.05) is 18.2 Å².